The molecule has 1 aliphatic rings. The van der Waals surface area contributed by atoms with Gasteiger partial charge in [-0.2, -0.15) is 0 Å². The van der Waals surface area contributed by atoms with E-state index in [2.05, 4.69) is 55.1 Å². The second kappa shape index (κ2) is 11.0. The summed E-state index contributed by atoms with van der Waals surface area (Å²) in [6, 6.07) is 0.503. The van der Waals surface area contributed by atoms with Gasteiger partial charge < -0.3 is 20.1 Å². The van der Waals surface area contributed by atoms with Crippen LogP contribution in [-0.4, -0.2) is 76.6 Å². The summed E-state index contributed by atoms with van der Waals surface area (Å²) in [7, 11) is 3.59. The van der Waals surface area contributed by atoms with Gasteiger partial charge in [-0.3, -0.25) is 9.89 Å². The molecule has 2 unspecified atom stereocenters. The van der Waals surface area contributed by atoms with Gasteiger partial charge in [0.2, 0.25) is 0 Å². The average molecular weight is 357 g/mol. The lowest BCUT2D eigenvalue weighted by atomic mass is 9.89. The molecule has 0 saturated carbocycles. The molecule has 25 heavy (non-hydrogen) atoms. The Labute approximate surface area is 154 Å². The van der Waals surface area contributed by atoms with E-state index in [4.69, 9.17) is 9.47 Å². The Morgan fingerprint density at radius 3 is 2.24 bits per heavy atom. The number of rotatable bonds is 8. The number of hydrogen-bond acceptors (Lipinski definition) is 4. The lowest BCUT2D eigenvalue weighted by Gasteiger charge is -2.36. The number of guanidine groups is 1. The highest BCUT2D eigenvalue weighted by Crippen LogP contribution is 2.20. The number of hydrogen-bond donors (Lipinski definition) is 2. The Kier molecular flexibility index (Phi) is 9.75. The van der Waals surface area contributed by atoms with Gasteiger partial charge in [-0.15, -0.1) is 0 Å². The molecule has 0 aromatic heterocycles. The van der Waals surface area contributed by atoms with E-state index in [1.54, 1.807) is 7.11 Å². The number of aliphatic imine (C=N–C) groups is 1. The number of ether oxygens (including phenoxy) is 2. The molecule has 0 amide bonds. The third-order valence-electron chi connectivity index (χ3n) is 4.74. The zero-order chi connectivity index (χ0) is 18.9. The van der Waals surface area contributed by atoms with Crippen LogP contribution in [0, 0.1) is 11.3 Å². The van der Waals surface area contributed by atoms with Gasteiger partial charge in [-0.1, -0.05) is 34.6 Å². The maximum atomic E-state index is 5.62. The fourth-order valence-corrected chi connectivity index (χ4v) is 3.22. The Bertz CT molecular complexity index is 387. The van der Waals surface area contributed by atoms with Crippen LogP contribution in [-0.2, 0) is 9.47 Å². The van der Waals surface area contributed by atoms with Crippen molar-refractivity contribution >= 4 is 5.96 Å². The Morgan fingerprint density at radius 2 is 1.76 bits per heavy atom. The van der Waals surface area contributed by atoms with Gasteiger partial charge in [0.25, 0.3) is 0 Å². The van der Waals surface area contributed by atoms with Crippen molar-refractivity contribution < 1.29 is 9.47 Å². The standard InChI is InChI=1S/C19H40N4O2/c1-15(2)12-16(23-8-10-25-11-9-23)13-21-18(20-6)22-14-17(24-7)19(3,4)5/h15-17H,8-14H2,1-7H3,(H2,20,21,22). The molecule has 0 bridgehead atoms. The van der Waals surface area contributed by atoms with Gasteiger partial charge in [0.1, 0.15) is 0 Å². The van der Waals surface area contributed by atoms with Gasteiger partial charge in [0.15, 0.2) is 5.96 Å². The third kappa shape index (κ3) is 8.38. The fourth-order valence-electron chi connectivity index (χ4n) is 3.22. The van der Waals surface area contributed by atoms with E-state index in [0.29, 0.717) is 12.0 Å². The van der Waals surface area contributed by atoms with Crippen molar-refractivity contribution in [3.63, 3.8) is 0 Å². The van der Waals surface area contributed by atoms with Crippen molar-refractivity contribution in [1.82, 2.24) is 15.5 Å². The largest absolute Gasteiger partial charge is 0.379 e. The summed E-state index contributed by atoms with van der Waals surface area (Å²) < 4.78 is 11.1. The number of nitrogens with zero attached hydrogens (tertiary/aromatic N) is 2. The Balaban J connectivity index is 2.53. The van der Waals surface area contributed by atoms with Crippen molar-refractivity contribution in [2.45, 2.75) is 53.2 Å². The summed E-state index contributed by atoms with van der Waals surface area (Å²) in [5.41, 5.74) is 0.0918. The predicted molar refractivity (Wildman–Crippen MR) is 105 cm³/mol. The van der Waals surface area contributed by atoms with Gasteiger partial charge in [0.05, 0.1) is 19.3 Å². The molecule has 1 fully saturated rings. The summed E-state index contributed by atoms with van der Waals surface area (Å²) in [5, 5.41) is 6.91. The summed E-state index contributed by atoms with van der Waals surface area (Å²) in [4.78, 5) is 6.91. The van der Waals surface area contributed by atoms with E-state index in [0.717, 1.165) is 45.4 Å². The lowest BCUT2D eigenvalue weighted by molar-refractivity contribution is 0.0130. The van der Waals surface area contributed by atoms with Crippen LogP contribution in [0.4, 0.5) is 0 Å². The van der Waals surface area contributed by atoms with Crippen LogP contribution in [0.3, 0.4) is 0 Å². The van der Waals surface area contributed by atoms with Gasteiger partial charge in [0, 0.05) is 46.4 Å². The third-order valence-corrected chi connectivity index (χ3v) is 4.74. The summed E-state index contributed by atoms with van der Waals surface area (Å²) in [5.74, 6) is 1.51. The first kappa shape index (κ1) is 22.2. The predicted octanol–water partition coefficient (Wildman–Crippen LogP) is 1.96. The van der Waals surface area contributed by atoms with Gasteiger partial charge >= 0.3 is 0 Å². The highest BCUT2D eigenvalue weighted by atomic mass is 16.5. The van der Waals surface area contributed by atoms with Crippen LogP contribution in [0.2, 0.25) is 0 Å². The monoisotopic (exact) mass is 356 g/mol. The Morgan fingerprint density at radius 1 is 1.16 bits per heavy atom. The zero-order valence-electron chi connectivity index (χ0n) is 17.4. The minimum absolute atomic E-state index is 0.0918. The minimum atomic E-state index is 0.0918. The van der Waals surface area contributed by atoms with Crippen LogP contribution in [0.5, 0.6) is 0 Å². The summed E-state index contributed by atoms with van der Waals surface area (Å²) >= 11 is 0. The molecule has 1 aliphatic heterocycles. The van der Waals surface area contributed by atoms with E-state index >= 15 is 0 Å². The van der Waals surface area contributed by atoms with Crippen LogP contribution in [0.25, 0.3) is 0 Å². The summed E-state index contributed by atoms with van der Waals surface area (Å²) in [6.07, 6.45) is 1.31. The molecule has 0 spiro atoms. The SMILES string of the molecule is CN=C(NCC(CC(C)C)N1CCOCC1)NCC(OC)C(C)(C)C. The molecule has 0 radical (unpaired) electrons. The molecule has 0 aliphatic carbocycles. The molecule has 148 valence electrons. The second-order valence-electron chi connectivity index (χ2n) is 8.36. The first-order chi connectivity index (χ1) is 11.8. The van der Waals surface area contributed by atoms with Crippen molar-refractivity contribution in [3.05, 3.63) is 0 Å². The lowest BCUT2D eigenvalue weighted by Crippen LogP contribution is -2.52. The van der Waals surface area contributed by atoms with E-state index < -0.39 is 0 Å². The smallest absolute Gasteiger partial charge is 0.191 e. The van der Waals surface area contributed by atoms with Crippen LogP contribution in [0.15, 0.2) is 4.99 Å². The van der Waals surface area contributed by atoms with Gasteiger partial charge in [-0.25, -0.2) is 0 Å². The molecular formula is C19H40N4O2. The highest BCUT2D eigenvalue weighted by Gasteiger charge is 2.25. The highest BCUT2D eigenvalue weighted by molar-refractivity contribution is 5.79. The van der Waals surface area contributed by atoms with E-state index in [1.165, 1.54) is 6.42 Å². The molecule has 1 saturated heterocycles. The quantitative estimate of drug-likeness (QED) is 0.514. The number of morpholine rings is 1. The summed E-state index contributed by atoms with van der Waals surface area (Å²) in [6.45, 7) is 16.5. The van der Waals surface area contributed by atoms with E-state index in [9.17, 15) is 0 Å². The zero-order valence-corrected chi connectivity index (χ0v) is 17.4. The molecule has 1 rings (SSSR count). The van der Waals surface area contributed by atoms with Gasteiger partial charge in [-0.05, 0) is 17.8 Å². The van der Waals surface area contributed by atoms with Crippen LogP contribution >= 0.6 is 0 Å². The van der Waals surface area contributed by atoms with E-state index in [-0.39, 0.29) is 11.5 Å². The maximum absolute atomic E-state index is 5.62. The topological polar surface area (TPSA) is 58.1 Å². The Hall–Kier alpha value is -0.850. The molecule has 0 aromatic rings. The first-order valence-electron chi connectivity index (χ1n) is 9.57. The fraction of sp³-hybridized carbons (Fsp3) is 0.947. The molecule has 2 N–H and O–H groups in total. The first-order valence-corrected chi connectivity index (χ1v) is 9.57. The average Bonchev–Trinajstić information content (AvgIpc) is 2.56. The molecule has 6 heteroatoms. The van der Waals surface area contributed by atoms with Crippen molar-refractivity contribution in [1.29, 1.82) is 0 Å². The number of nitrogens with one attached hydrogen (secondary N) is 2. The molecular weight excluding hydrogens is 316 g/mol. The van der Waals surface area contributed by atoms with Crippen LogP contribution < -0.4 is 10.6 Å². The maximum Gasteiger partial charge on any atom is 0.191 e. The van der Waals surface area contributed by atoms with Crippen molar-refractivity contribution in [2.24, 2.45) is 16.3 Å². The number of methoxy groups -OCH3 is 1. The molecule has 1 heterocycles. The van der Waals surface area contributed by atoms with Crippen molar-refractivity contribution in [2.75, 3.05) is 53.6 Å². The second-order valence-corrected chi connectivity index (χ2v) is 8.36. The van der Waals surface area contributed by atoms with Crippen LogP contribution in [0.1, 0.15) is 41.0 Å². The minimum Gasteiger partial charge on any atom is -0.379 e. The molecule has 0 aromatic carbocycles. The normalized spacial score (nSPS) is 19.8. The van der Waals surface area contributed by atoms with Crippen molar-refractivity contribution in [3.8, 4) is 0 Å². The molecule has 6 nitrogen and oxygen atoms in total. The molecule has 2 atom stereocenters. The van der Waals surface area contributed by atoms with E-state index in [1.807, 2.05) is 7.05 Å².